The number of fused-ring (bicyclic) bond motifs is 1. The lowest BCUT2D eigenvalue weighted by atomic mass is 10.2. The molecule has 0 unspecified atom stereocenters. The molecule has 2 rings (SSSR count). The van der Waals surface area contributed by atoms with Crippen LogP contribution in [0.4, 0.5) is 0 Å². The van der Waals surface area contributed by atoms with E-state index in [1.807, 2.05) is 19.1 Å². The monoisotopic (exact) mass is 261 g/mol. The number of H-pyrrole nitrogens is 1. The van der Waals surface area contributed by atoms with Crippen LogP contribution in [0.3, 0.4) is 0 Å². The van der Waals surface area contributed by atoms with Crippen molar-refractivity contribution >= 4 is 30.1 Å². The van der Waals surface area contributed by atoms with Crippen LogP contribution in [0.15, 0.2) is 24.3 Å². The number of carbonyl (C=O) groups excluding carboxylic acids is 1. The molecule has 0 saturated carbocycles. The maximum Gasteiger partial charge on any atom is 0.354 e. The van der Waals surface area contributed by atoms with Crippen molar-refractivity contribution in [3.8, 4) is 0 Å². The van der Waals surface area contributed by atoms with Crippen molar-refractivity contribution in [1.82, 2.24) is 4.98 Å². The van der Waals surface area contributed by atoms with Crippen LogP contribution in [0.1, 0.15) is 17.4 Å². The summed E-state index contributed by atoms with van der Waals surface area (Å²) < 4.78 is 5.02. The quantitative estimate of drug-likeness (QED) is 0.682. The van der Waals surface area contributed by atoms with Crippen LogP contribution in [0.25, 0.3) is 10.9 Å². The first-order valence-electron chi connectivity index (χ1n) is 6.23. The Hall–Kier alpha value is -1.55. The summed E-state index contributed by atoms with van der Waals surface area (Å²) in [6.07, 6.45) is 0. The summed E-state index contributed by atoms with van der Waals surface area (Å²) in [4.78, 5) is 14.9. The average Bonchev–Trinajstić information content (AvgIpc) is 2.71. The Morgan fingerprint density at radius 1 is 1.33 bits per heavy atom. The fourth-order valence-corrected chi connectivity index (χ4v) is 3.65. The first-order chi connectivity index (χ1) is 8.43. The predicted octanol–water partition coefficient (Wildman–Crippen LogP) is 2.89. The van der Waals surface area contributed by atoms with Gasteiger partial charge in [0.15, 0.2) is 0 Å². The van der Waals surface area contributed by atoms with Crippen LogP contribution in [-0.4, -0.2) is 25.6 Å². The molecular formula is C14H19NO2Si. The third kappa shape index (κ3) is 2.34. The highest BCUT2D eigenvalue weighted by Crippen LogP contribution is 2.17. The summed E-state index contributed by atoms with van der Waals surface area (Å²) in [7, 11) is -1.42. The smallest absolute Gasteiger partial charge is 0.354 e. The molecule has 4 heteroatoms. The van der Waals surface area contributed by atoms with E-state index >= 15 is 0 Å². The highest BCUT2D eigenvalue weighted by Gasteiger charge is 2.21. The second kappa shape index (κ2) is 4.61. The third-order valence-corrected chi connectivity index (χ3v) is 4.99. The molecule has 0 amide bonds. The molecule has 1 aromatic carbocycles. The first-order valence-corrected chi connectivity index (χ1v) is 9.73. The zero-order chi connectivity index (χ0) is 13.3. The molecule has 0 fully saturated rings. The van der Waals surface area contributed by atoms with Crippen molar-refractivity contribution in [2.24, 2.45) is 0 Å². The molecule has 96 valence electrons. The first kappa shape index (κ1) is 12.9. The molecule has 18 heavy (non-hydrogen) atoms. The minimum Gasteiger partial charge on any atom is -0.461 e. The minimum atomic E-state index is -1.42. The van der Waals surface area contributed by atoms with Crippen LogP contribution in [0, 0.1) is 0 Å². The molecule has 1 N–H and O–H groups in total. The molecule has 0 spiro atoms. The van der Waals surface area contributed by atoms with E-state index in [9.17, 15) is 4.79 Å². The number of ether oxygens (including phenoxy) is 1. The van der Waals surface area contributed by atoms with Crippen LogP contribution >= 0.6 is 0 Å². The molecule has 0 atom stereocenters. The number of aromatic nitrogens is 1. The van der Waals surface area contributed by atoms with Crippen molar-refractivity contribution in [2.75, 3.05) is 6.61 Å². The van der Waals surface area contributed by atoms with E-state index < -0.39 is 8.07 Å². The molecule has 0 saturated heterocycles. The molecule has 0 radical (unpaired) electrons. The number of nitrogens with one attached hydrogen (secondary N) is 1. The van der Waals surface area contributed by atoms with Gasteiger partial charge in [-0.25, -0.2) is 4.79 Å². The highest BCUT2D eigenvalue weighted by molar-refractivity contribution is 6.90. The van der Waals surface area contributed by atoms with E-state index in [0.717, 1.165) is 10.9 Å². The Bertz CT molecular complexity index is 581. The summed E-state index contributed by atoms with van der Waals surface area (Å²) >= 11 is 0. The maximum absolute atomic E-state index is 11.7. The Kier molecular flexibility index (Phi) is 3.30. The van der Waals surface area contributed by atoms with Crippen LogP contribution in [0.5, 0.6) is 0 Å². The topological polar surface area (TPSA) is 42.1 Å². The summed E-state index contributed by atoms with van der Waals surface area (Å²) in [5.41, 5.74) is 1.62. The Morgan fingerprint density at radius 3 is 2.67 bits per heavy atom. The van der Waals surface area contributed by atoms with Crippen LogP contribution in [0.2, 0.25) is 19.6 Å². The molecule has 1 heterocycles. The number of para-hydroxylation sites is 1. The molecule has 1 aromatic heterocycles. The molecule has 3 nitrogen and oxygen atoms in total. The van der Waals surface area contributed by atoms with Gasteiger partial charge in [0, 0.05) is 10.9 Å². The molecule has 2 aromatic rings. The van der Waals surface area contributed by atoms with Crippen molar-refractivity contribution in [2.45, 2.75) is 26.6 Å². The van der Waals surface area contributed by atoms with Gasteiger partial charge in [-0.3, -0.25) is 0 Å². The van der Waals surface area contributed by atoms with Crippen LogP contribution in [-0.2, 0) is 4.74 Å². The number of aromatic amines is 1. The fourth-order valence-electron chi connectivity index (χ4n) is 2.10. The van der Waals surface area contributed by atoms with Gasteiger partial charge in [-0.05, 0) is 18.2 Å². The van der Waals surface area contributed by atoms with Crippen molar-refractivity contribution in [3.05, 3.63) is 30.0 Å². The van der Waals surface area contributed by atoms with Gasteiger partial charge in [-0.1, -0.05) is 37.8 Å². The number of hydrogen-bond acceptors (Lipinski definition) is 2. The van der Waals surface area contributed by atoms with E-state index in [1.165, 1.54) is 5.19 Å². The third-order valence-electron chi connectivity index (χ3n) is 2.96. The zero-order valence-corrected chi connectivity index (χ0v) is 12.3. The lowest BCUT2D eigenvalue weighted by molar-refractivity contribution is 0.0520. The molecule has 0 aliphatic carbocycles. The Labute approximate surface area is 108 Å². The van der Waals surface area contributed by atoms with E-state index in [2.05, 4.69) is 36.8 Å². The van der Waals surface area contributed by atoms with Gasteiger partial charge in [-0.15, -0.1) is 0 Å². The summed E-state index contributed by atoms with van der Waals surface area (Å²) in [6.45, 7) is 9.11. The van der Waals surface area contributed by atoms with Gasteiger partial charge in [0.1, 0.15) is 5.69 Å². The number of hydrogen-bond donors (Lipinski definition) is 1. The normalized spacial score (nSPS) is 11.8. The van der Waals surface area contributed by atoms with Crippen LogP contribution < -0.4 is 5.19 Å². The molecule has 0 aliphatic rings. The molecular weight excluding hydrogens is 242 g/mol. The largest absolute Gasteiger partial charge is 0.461 e. The van der Waals surface area contributed by atoms with Gasteiger partial charge < -0.3 is 9.72 Å². The standard InChI is InChI=1S/C14H19NO2Si/c1-5-17-14(16)11-9-10-7-6-8-12(13(10)15-11)18(2,3)4/h6-9,15H,5H2,1-4H3. The second-order valence-electron chi connectivity index (χ2n) is 5.42. The van der Waals surface area contributed by atoms with Gasteiger partial charge in [0.25, 0.3) is 0 Å². The fraction of sp³-hybridized carbons (Fsp3) is 0.357. The van der Waals surface area contributed by atoms with Crippen molar-refractivity contribution in [3.63, 3.8) is 0 Å². The summed E-state index contributed by atoms with van der Waals surface area (Å²) in [5.74, 6) is -0.282. The highest BCUT2D eigenvalue weighted by atomic mass is 28.3. The molecule has 0 bridgehead atoms. The Balaban J connectivity index is 2.55. The predicted molar refractivity (Wildman–Crippen MR) is 77.2 cm³/mol. The summed E-state index contributed by atoms with van der Waals surface area (Å²) in [6, 6.07) is 8.11. The summed E-state index contributed by atoms with van der Waals surface area (Å²) in [5, 5.41) is 2.42. The number of rotatable bonds is 3. The van der Waals surface area contributed by atoms with E-state index in [1.54, 1.807) is 0 Å². The lowest BCUT2D eigenvalue weighted by Gasteiger charge is -2.17. The van der Waals surface area contributed by atoms with Crippen molar-refractivity contribution in [1.29, 1.82) is 0 Å². The second-order valence-corrected chi connectivity index (χ2v) is 10.5. The average molecular weight is 261 g/mol. The molecule has 0 aliphatic heterocycles. The van der Waals surface area contributed by atoms with E-state index in [-0.39, 0.29) is 5.97 Å². The lowest BCUT2D eigenvalue weighted by Crippen LogP contribution is -2.38. The van der Waals surface area contributed by atoms with E-state index in [0.29, 0.717) is 12.3 Å². The zero-order valence-electron chi connectivity index (χ0n) is 11.3. The Morgan fingerprint density at radius 2 is 2.06 bits per heavy atom. The van der Waals surface area contributed by atoms with Crippen molar-refractivity contribution < 1.29 is 9.53 Å². The minimum absolute atomic E-state index is 0.282. The maximum atomic E-state index is 11.7. The van der Waals surface area contributed by atoms with Gasteiger partial charge in [0.05, 0.1) is 14.7 Å². The number of benzene rings is 1. The SMILES string of the molecule is CCOC(=O)c1cc2cccc([Si](C)(C)C)c2[nH]1. The number of carbonyl (C=O) groups is 1. The van der Waals surface area contributed by atoms with Gasteiger partial charge in [-0.2, -0.15) is 0 Å². The van der Waals surface area contributed by atoms with E-state index in [4.69, 9.17) is 4.74 Å². The van der Waals surface area contributed by atoms with Gasteiger partial charge in [0.2, 0.25) is 0 Å². The number of esters is 1. The van der Waals surface area contributed by atoms with Gasteiger partial charge >= 0.3 is 5.97 Å².